The van der Waals surface area contributed by atoms with E-state index in [2.05, 4.69) is 11.1 Å². The van der Waals surface area contributed by atoms with Gasteiger partial charge in [-0.05, 0) is 18.6 Å². The van der Waals surface area contributed by atoms with Gasteiger partial charge < -0.3 is 16.5 Å². The van der Waals surface area contributed by atoms with Crippen LogP contribution in [0.4, 0.5) is 0 Å². The van der Waals surface area contributed by atoms with Crippen molar-refractivity contribution in [2.75, 3.05) is 0 Å². The molecule has 0 aliphatic heterocycles. The van der Waals surface area contributed by atoms with Crippen molar-refractivity contribution in [3.63, 3.8) is 0 Å². The van der Waals surface area contributed by atoms with Gasteiger partial charge in [-0.3, -0.25) is 0 Å². The fraction of sp³-hybridized carbons (Fsp3) is 0.273. The van der Waals surface area contributed by atoms with Crippen molar-refractivity contribution in [2.45, 2.75) is 19.0 Å². The molecular weight excluding hydrogens is 174 g/mol. The van der Waals surface area contributed by atoms with Gasteiger partial charge in [0.25, 0.3) is 0 Å². The number of hydrogen-bond acceptors (Lipinski definition) is 2. The van der Waals surface area contributed by atoms with Crippen LogP contribution in [0, 0.1) is 0 Å². The fourth-order valence-electron chi connectivity index (χ4n) is 1.69. The Labute approximate surface area is 83.1 Å². The zero-order chi connectivity index (χ0) is 10.2. The number of para-hydroxylation sites is 1. The first-order valence-corrected chi connectivity index (χ1v) is 4.69. The summed E-state index contributed by atoms with van der Waals surface area (Å²) in [6, 6.07) is 8.15. The molecular formula is C11H15N3. The number of nitrogens with one attached hydrogen (secondary N) is 1. The van der Waals surface area contributed by atoms with E-state index in [-0.39, 0.29) is 0 Å². The highest BCUT2D eigenvalue weighted by molar-refractivity contribution is 5.83. The Hall–Kier alpha value is -1.32. The van der Waals surface area contributed by atoms with Crippen LogP contribution in [-0.4, -0.2) is 10.6 Å². The lowest BCUT2D eigenvalue weighted by molar-refractivity contribution is 0.489. The highest BCUT2D eigenvalue weighted by atomic mass is 14.9. The molecule has 1 aromatic heterocycles. The van der Waals surface area contributed by atoms with Gasteiger partial charge in [0.1, 0.15) is 0 Å². The fourth-order valence-corrected chi connectivity index (χ4v) is 1.69. The number of aromatic amines is 1. The molecule has 0 spiro atoms. The third-order valence-corrected chi connectivity index (χ3v) is 2.25. The van der Waals surface area contributed by atoms with E-state index in [1.807, 2.05) is 31.3 Å². The molecule has 0 saturated carbocycles. The second-order valence-corrected chi connectivity index (χ2v) is 4.04. The maximum Gasteiger partial charge on any atom is 0.0649 e. The molecule has 0 saturated heterocycles. The molecule has 0 amide bonds. The Morgan fingerprint density at radius 3 is 2.71 bits per heavy atom. The summed E-state index contributed by atoms with van der Waals surface area (Å²) >= 11 is 0. The average Bonchev–Trinajstić information content (AvgIpc) is 2.47. The minimum Gasteiger partial charge on any atom is -0.361 e. The number of aromatic nitrogens is 1. The zero-order valence-electron chi connectivity index (χ0n) is 8.25. The van der Waals surface area contributed by atoms with Gasteiger partial charge in [-0.1, -0.05) is 18.2 Å². The molecule has 1 heterocycles. The van der Waals surface area contributed by atoms with E-state index in [1.165, 1.54) is 10.9 Å². The molecule has 0 aliphatic carbocycles. The highest BCUT2D eigenvalue weighted by Crippen LogP contribution is 2.19. The van der Waals surface area contributed by atoms with Crippen LogP contribution in [0.25, 0.3) is 10.9 Å². The van der Waals surface area contributed by atoms with Gasteiger partial charge in [-0.15, -0.1) is 0 Å². The normalized spacial score (nSPS) is 12.2. The van der Waals surface area contributed by atoms with Crippen molar-refractivity contribution < 1.29 is 0 Å². The van der Waals surface area contributed by atoms with Crippen LogP contribution >= 0.6 is 0 Å². The van der Waals surface area contributed by atoms with E-state index in [1.54, 1.807) is 0 Å². The monoisotopic (exact) mass is 189 g/mol. The smallest absolute Gasteiger partial charge is 0.0649 e. The number of rotatable bonds is 2. The molecule has 3 nitrogen and oxygen atoms in total. The SMILES string of the molecule is CC(N)(N)Cc1c[nH]c2ccccc12. The van der Waals surface area contributed by atoms with E-state index < -0.39 is 5.66 Å². The Kier molecular flexibility index (Phi) is 2.06. The van der Waals surface area contributed by atoms with Crippen molar-refractivity contribution in [1.29, 1.82) is 0 Å². The minimum atomic E-state index is -0.648. The first-order valence-electron chi connectivity index (χ1n) is 4.69. The quantitative estimate of drug-likeness (QED) is 0.624. The Morgan fingerprint density at radius 2 is 2.00 bits per heavy atom. The van der Waals surface area contributed by atoms with Crippen molar-refractivity contribution in [2.24, 2.45) is 11.5 Å². The molecule has 74 valence electrons. The number of nitrogens with two attached hydrogens (primary N) is 2. The molecule has 0 atom stereocenters. The lowest BCUT2D eigenvalue weighted by atomic mass is 10.0. The molecule has 2 aromatic rings. The van der Waals surface area contributed by atoms with Gasteiger partial charge in [-0.25, -0.2) is 0 Å². The summed E-state index contributed by atoms with van der Waals surface area (Å²) in [5.41, 5.74) is 13.2. The van der Waals surface area contributed by atoms with E-state index >= 15 is 0 Å². The van der Waals surface area contributed by atoms with E-state index in [0.29, 0.717) is 6.42 Å². The summed E-state index contributed by atoms with van der Waals surface area (Å²) < 4.78 is 0. The first-order chi connectivity index (χ1) is 6.56. The van der Waals surface area contributed by atoms with Crippen molar-refractivity contribution in [3.05, 3.63) is 36.0 Å². The third-order valence-electron chi connectivity index (χ3n) is 2.25. The zero-order valence-corrected chi connectivity index (χ0v) is 8.25. The number of benzene rings is 1. The molecule has 1 aromatic carbocycles. The number of H-pyrrole nitrogens is 1. The van der Waals surface area contributed by atoms with E-state index in [9.17, 15) is 0 Å². The van der Waals surface area contributed by atoms with Crippen LogP contribution in [0.2, 0.25) is 0 Å². The van der Waals surface area contributed by atoms with Gasteiger partial charge in [0, 0.05) is 23.5 Å². The number of hydrogen-bond donors (Lipinski definition) is 3. The van der Waals surface area contributed by atoms with Gasteiger partial charge >= 0.3 is 0 Å². The second kappa shape index (κ2) is 3.12. The Bertz CT molecular complexity index is 437. The largest absolute Gasteiger partial charge is 0.361 e. The van der Waals surface area contributed by atoms with Crippen LogP contribution in [0.3, 0.4) is 0 Å². The van der Waals surface area contributed by atoms with E-state index in [0.717, 1.165) is 5.52 Å². The van der Waals surface area contributed by atoms with Crippen LogP contribution < -0.4 is 11.5 Å². The van der Waals surface area contributed by atoms with Crippen molar-refractivity contribution in [1.82, 2.24) is 4.98 Å². The summed E-state index contributed by atoms with van der Waals surface area (Å²) in [4.78, 5) is 3.20. The molecule has 0 bridgehead atoms. The molecule has 0 radical (unpaired) electrons. The summed E-state index contributed by atoms with van der Waals surface area (Å²) in [6.45, 7) is 1.83. The first kappa shape index (κ1) is 9.24. The molecule has 14 heavy (non-hydrogen) atoms. The molecule has 5 N–H and O–H groups in total. The summed E-state index contributed by atoms with van der Waals surface area (Å²) in [7, 11) is 0. The molecule has 0 aliphatic rings. The summed E-state index contributed by atoms with van der Waals surface area (Å²) in [6.07, 6.45) is 2.65. The van der Waals surface area contributed by atoms with Gasteiger partial charge in [0.2, 0.25) is 0 Å². The maximum atomic E-state index is 5.78. The lowest BCUT2D eigenvalue weighted by Crippen LogP contribution is -2.47. The summed E-state index contributed by atoms with van der Waals surface area (Å²) in [5.74, 6) is 0. The van der Waals surface area contributed by atoms with E-state index in [4.69, 9.17) is 11.5 Å². The Balaban J connectivity index is 2.44. The minimum absolute atomic E-state index is 0.648. The van der Waals surface area contributed by atoms with Crippen LogP contribution in [0.5, 0.6) is 0 Å². The maximum absolute atomic E-state index is 5.78. The van der Waals surface area contributed by atoms with Crippen molar-refractivity contribution in [3.8, 4) is 0 Å². The van der Waals surface area contributed by atoms with Gasteiger partial charge in [0.05, 0.1) is 5.66 Å². The molecule has 0 unspecified atom stereocenters. The number of fused-ring (bicyclic) bond motifs is 1. The van der Waals surface area contributed by atoms with Gasteiger partial charge in [-0.2, -0.15) is 0 Å². The third kappa shape index (κ3) is 1.78. The van der Waals surface area contributed by atoms with Crippen LogP contribution in [0.1, 0.15) is 12.5 Å². The Morgan fingerprint density at radius 1 is 1.29 bits per heavy atom. The molecule has 3 heteroatoms. The predicted molar refractivity (Wildman–Crippen MR) is 58.8 cm³/mol. The average molecular weight is 189 g/mol. The lowest BCUT2D eigenvalue weighted by Gasteiger charge is -2.17. The van der Waals surface area contributed by atoms with Gasteiger partial charge in [0.15, 0.2) is 0 Å². The van der Waals surface area contributed by atoms with Crippen LogP contribution in [0.15, 0.2) is 30.5 Å². The molecule has 2 rings (SSSR count). The highest BCUT2D eigenvalue weighted by Gasteiger charge is 2.14. The van der Waals surface area contributed by atoms with Crippen LogP contribution in [-0.2, 0) is 6.42 Å². The summed E-state index contributed by atoms with van der Waals surface area (Å²) in [5, 5.41) is 1.20. The molecule has 0 fully saturated rings. The topological polar surface area (TPSA) is 67.8 Å². The predicted octanol–water partition coefficient (Wildman–Crippen LogP) is 1.34. The standard InChI is InChI=1S/C11H15N3/c1-11(12,13)6-8-7-14-10-5-3-2-4-9(8)10/h2-5,7,14H,6,12-13H2,1H3. The second-order valence-electron chi connectivity index (χ2n) is 4.04. The van der Waals surface area contributed by atoms with Crippen molar-refractivity contribution >= 4 is 10.9 Å².